The second-order valence-corrected chi connectivity index (χ2v) is 7.42. The zero-order chi connectivity index (χ0) is 19.7. The predicted molar refractivity (Wildman–Crippen MR) is 107 cm³/mol. The number of hydrogen-bond acceptors (Lipinski definition) is 6. The Kier molecular flexibility index (Phi) is 5.17. The number of phenols is 1. The maximum atomic E-state index is 12.3. The fourth-order valence-corrected chi connectivity index (χ4v) is 3.03. The second-order valence-electron chi connectivity index (χ2n) is 6.50. The van der Waals surface area contributed by atoms with Crippen molar-refractivity contribution in [2.45, 2.75) is 20.4 Å². The molecule has 0 saturated heterocycles. The monoisotopic (exact) mass is 434 g/mol. The number of nitrogens with zero attached hydrogens (tertiary/aromatic N) is 4. The molecule has 2 heterocycles. The number of fused-ring (bicyclic) bond motifs is 1. The van der Waals surface area contributed by atoms with E-state index in [-0.39, 0.29) is 17.3 Å². The molecule has 142 valence electrons. The average molecular weight is 435 g/mol. The number of anilines is 1. The molecule has 0 atom stereocenters. The van der Waals surface area contributed by atoms with Crippen molar-refractivity contribution in [3.05, 3.63) is 49.1 Å². The number of phenolic OH excluding ortho intramolecular Hbond substituents is 1. The molecule has 0 amide bonds. The number of hydrogen-bond donors (Lipinski definition) is 3. The standard InChI is InChI=1S/C17H19BrN6O3/c1-9(2)8-24-13-14(23(3)17(27)21-15(13)26)20-16(24)22-19-7-10-6-11(18)4-5-12(10)25/h4-7,9,25H,8H2,1-3H3,(H,20,22)(H,21,26,27)/b19-7-. The molecule has 0 aliphatic heterocycles. The molecule has 10 heteroatoms. The Balaban J connectivity index is 2.05. The summed E-state index contributed by atoms with van der Waals surface area (Å²) in [6, 6.07) is 4.98. The molecule has 3 aromatic rings. The van der Waals surface area contributed by atoms with Crippen LogP contribution in [0.5, 0.6) is 5.75 Å². The minimum atomic E-state index is -0.532. The lowest BCUT2D eigenvalue weighted by atomic mass is 10.2. The highest BCUT2D eigenvalue weighted by Gasteiger charge is 2.17. The van der Waals surface area contributed by atoms with Crippen LogP contribution in [0.1, 0.15) is 19.4 Å². The molecule has 0 aliphatic rings. The number of rotatable bonds is 5. The highest BCUT2D eigenvalue weighted by atomic mass is 79.9. The second kappa shape index (κ2) is 7.39. The van der Waals surface area contributed by atoms with Gasteiger partial charge in [-0.25, -0.2) is 10.2 Å². The first-order chi connectivity index (χ1) is 12.8. The van der Waals surface area contributed by atoms with E-state index in [0.29, 0.717) is 23.6 Å². The normalized spacial score (nSPS) is 11.7. The maximum Gasteiger partial charge on any atom is 0.329 e. The summed E-state index contributed by atoms with van der Waals surface area (Å²) < 4.78 is 3.77. The minimum Gasteiger partial charge on any atom is -0.507 e. The van der Waals surface area contributed by atoms with Gasteiger partial charge in [-0.2, -0.15) is 10.1 Å². The Hall–Kier alpha value is -2.88. The van der Waals surface area contributed by atoms with Crippen molar-refractivity contribution in [1.29, 1.82) is 0 Å². The van der Waals surface area contributed by atoms with Crippen LogP contribution in [0.2, 0.25) is 0 Å². The third kappa shape index (κ3) is 3.80. The zero-order valence-electron chi connectivity index (χ0n) is 15.0. The molecule has 2 aromatic heterocycles. The summed E-state index contributed by atoms with van der Waals surface area (Å²) in [5, 5.41) is 14.0. The lowest BCUT2D eigenvalue weighted by Crippen LogP contribution is -2.29. The first kappa shape index (κ1) is 18.9. The number of benzene rings is 1. The van der Waals surface area contributed by atoms with E-state index in [1.54, 1.807) is 29.8 Å². The van der Waals surface area contributed by atoms with Gasteiger partial charge in [0.05, 0.1) is 6.21 Å². The molecule has 27 heavy (non-hydrogen) atoms. The minimum absolute atomic E-state index is 0.0817. The Morgan fingerprint density at radius 1 is 1.41 bits per heavy atom. The van der Waals surface area contributed by atoms with Gasteiger partial charge in [0.2, 0.25) is 5.95 Å². The van der Waals surface area contributed by atoms with Crippen molar-refractivity contribution in [1.82, 2.24) is 19.1 Å². The number of H-pyrrole nitrogens is 1. The largest absolute Gasteiger partial charge is 0.507 e. The first-order valence-electron chi connectivity index (χ1n) is 8.25. The third-order valence-corrected chi connectivity index (χ3v) is 4.41. The number of aromatic hydroxyl groups is 1. The third-order valence-electron chi connectivity index (χ3n) is 3.91. The Labute approximate surface area is 162 Å². The van der Waals surface area contributed by atoms with Crippen LogP contribution in [0.25, 0.3) is 11.2 Å². The van der Waals surface area contributed by atoms with E-state index in [1.807, 2.05) is 13.8 Å². The van der Waals surface area contributed by atoms with E-state index < -0.39 is 11.2 Å². The number of nitrogens with one attached hydrogen (secondary N) is 2. The SMILES string of the molecule is CC(C)Cn1c(N/N=C\c2cc(Br)ccc2O)nc2c1c(=O)[nH]c(=O)n2C. The fraction of sp³-hybridized carbons (Fsp3) is 0.294. The molecule has 0 unspecified atom stereocenters. The van der Waals surface area contributed by atoms with Gasteiger partial charge in [-0.3, -0.25) is 14.3 Å². The van der Waals surface area contributed by atoms with Crippen molar-refractivity contribution in [2.75, 3.05) is 5.43 Å². The van der Waals surface area contributed by atoms with E-state index in [0.717, 1.165) is 4.47 Å². The van der Waals surface area contributed by atoms with Gasteiger partial charge < -0.3 is 9.67 Å². The lowest BCUT2D eigenvalue weighted by Gasteiger charge is -2.10. The van der Waals surface area contributed by atoms with Gasteiger partial charge in [0.1, 0.15) is 5.75 Å². The van der Waals surface area contributed by atoms with Crippen LogP contribution in [0.3, 0.4) is 0 Å². The average Bonchev–Trinajstić information content (AvgIpc) is 2.94. The van der Waals surface area contributed by atoms with Gasteiger partial charge in [-0.15, -0.1) is 0 Å². The van der Waals surface area contributed by atoms with Crippen molar-refractivity contribution < 1.29 is 5.11 Å². The van der Waals surface area contributed by atoms with E-state index in [1.165, 1.54) is 10.8 Å². The molecule has 0 bridgehead atoms. The van der Waals surface area contributed by atoms with Crippen molar-refractivity contribution >= 4 is 39.3 Å². The van der Waals surface area contributed by atoms with Crippen LogP contribution in [0.4, 0.5) is 5.95 Å². The van der Waals surface area contributed by atoms with Crippen molar-refractivity contribution in [3.8, 4) is 5.75 Å². The van der Waals surface area contributed by atoms with Crippen LogP contribution in [-0.4, -0.2) is 30.4 Å². The molecule has 0 radical (unpaired) electrons. The summed E-state index contributed by atoms with van der Waals surface area (Å²) in [6.45, 7) is 4.53. The van der Waals surface area contributed by atoms with Crippen molar-refractivity contribution in [2.24, 2.45) is 18.1 Å². The molecule has 1 aromatic carbocycles. The first-order valence-corrected chi connectivity index (χ1v) is 9.04. The van der Waals surface area contributed by atoms with Gasteiger partial charge >= 0.3 is 5.69 Å². The number of aromatic amines is 1. The molecule has 0 saturated carbocycles. The van der Waals surface area contributed by atoms with Crippen LogP contribution >= 0.6 is 15.9 Å². The molecular weight excluding hydrogens is 416 g/mol. The summed E-state index contributed by atoms with van der Waals surface area (Å²) >= 11 is 3.34. The lowest BCUT2D eigenvalue weighted by molar-refractivity contribution is 0.474. The quantitative estimate of drug-likeness (QED) is 0.419. The fourth-order valence-electron chi connectivity index (χ4n) is 2.65. The van der Waals surface area contributed by atoms with Crippen molar-refractivity contribution in [3.63, 3.8) is 0 Å². The van der Waals surface area contributed by atoms with Crippen LogP contribution in [0.15, 0.2) is 37.4 Å². The summed E-state index contributed by atoms with van der Waals surface area (Å²) in [7, 11) is 1.54. The van der Waals surface area contributed by atoms with Gasteiger partial charge in [0.25, 0.3) is 5.56 Å². The highest BCUT2D eigenvalue weighted by molar-refractivity contribution is 9.10. The van der Waals surface area contributed by atoms with Gasteiger partial charge in [-0.05, 0) is 24.1 Å². The van der Waals surface area contributed by atoms with Gasteiger partial charge in [0, 0.05) is 23.6 Å². The molecular formula is C17H19BrN6O3. The predicted octanol–water partition coefficient (Wildman–Crippen LogP) is 1.99. The molecule has 0 fully saturated rings. The zero-order valence-corrected chi connectivity index (χ0v) is 16.6. The molecule has 9 nitrogen and oxygen atoms in total. The van der Waals surface area contributed by atoms with Gasteiger partial charge in [0.15, 0.2) is 11.2 Å². The molecule has 3 N–H and O–H groups in total. The van der Waals surface area contributed by atoms with Crippen LogP contribution in [-0.2, 0) is 13.6 Å². The van der Waals surface area contributed by atoms with E-state index in [4.69, 9.17) is 0 Å². The smallest absolute Gasteiger partial charge is 0.329 e. The number of imidazole rings is 1. The van der Waals surface area contributed by atoms with Crippen LogP contribution < -0.4 is 16.7 Å². The van der Waals surface area contributed by atoms with E-state index in [2.05, 4.69) is 36.4 Å². The summed E-state index contributed by atoms with van der Waals surface area (Å²) in [6.07, 6.45) is 1.45. The Morgan fingerprint density at radius 2 is 2.15 bits per heavy atom. The summed E-state index contributed by atoms with van der Waals surface area (Å²) in [4.78, 5) is 30.8. The number of aromatic nitrogens is 4. The molecule has 0 spiro atoms. The van der Waals surface area contributed by atoms with Crippen LogP contribution in [0, 0.1) is 5.92 Å². The summed E-state index contributed by atoms with van der Waals surface area (Å²) in [5.41, 5.74) is 2.85. The maximum absolute atomic E-state index is 12.3. The topological polar surface area (TPSA) is 117 Å². The van der Waals surface area contributed by atoms with Gasteiger partial charge in [-0.1, -0.05) is 29.8 Å². The number of hydrazone groups is 1. The van der Waals surface area contributed by atoms with E-state index >= 15 is 0 Å². The summed E-state index contributed by atoms with van der Waals surface area (Å²) in [5.74, 6) is 0.645. The Bertz CT molecular complexity index is 1140. The molecule has 0 aliphatic carbocycles. The Morgan fingerprint density at radius 3 is 2.85 bits per heavy atom. The molecule has 3 rings (SSSR count). The number of aryl methyl sites for hydroxylation is 1. The highest BCUT2D eigenvalue weighted by Crippen LogP contribution is 2.21. The number of halogens is 1. The van der Waals surface area contributed by atoms with E-state index in [9.17, 15) is 14.7 Å².